The summed E-state index contributed by atoms with van der Waals surface area (Å²) >= 11 is 1.58. The molecule has 0 fully saturated rings. The van der Waals surface area contributed by atoms with Crippen molar-refractivity contribution in [2.24, 2.45) is 5.73 Å². The SMILES string of the molecule is COc1ccc(Cc2noc(C(N)c3cccs3)n2)cc1. The first-order valence-electron chi connectivity index (χ1n) is 6.50. The van der Waals surface area contributed by atoms with Gasteiger partial charge in [0.25, 0.3) is 0 Å². The average Bonchev–Trinajstić information content (AvgIpc) is 3.19. The minimum absolute atomic E-state index is 0.359. The van der Waals surface area contributed by atoms with E-state index in [1.807, 2.05) is 41.8 Å². The van der Waals surface area contributed by atoms with Gasteiger partial charge in [0.05, 0.1) is 7.11 Å². The highest BCUT2D eigenvalue weighted by Gasteiger charge is 2.17. The highest BCUT2D eigenvalue weighted by atomic mass is 32.1. The quantitative estimate of drug-likeness (QED) is 0.784. The minimum atomic E-state index is -0.359. The van der Waals surface area contributed by atoms with Crippen LogP contribution >= 0.6 is 11.3 Å². The number of rotatable bonds is 5. The fourth-order valence-corrected chi connectivity index (χ4v) is 2.70. The van der Waals surface area contributed by atoms with E-state index in [-0.39, 0.29) is 6.04 Å². The van der Waals surface area contributed by atoms with Gasteiger partial charge in [-0.05, 0) is 29.1 Å². The predicted octanol–water partition coefficient (Wildman–Crippen LogP) is 2.78. The first-order chi connectivity index (χ1) is 10.3. The summed E-state index contributed by atoms with van der Waals surface area (Å²) in [6.07, 6.45) is 0.602. The van der Waals surface area contributed by atoms with Gasteiger partial charge in [0.15, 0.2) is 5.82 Å². The Hall–Kier alpha value is -2.18. The monoisotopic (exact) mass is 301 g/mol. The van der Waals surface area contributed by atoms with Gasteiger partial charge in [0.2, 0.25) is 5.89 Å². The Morgan fingerprint density at radius 1 is 1.29 bits per heavy atom. The molecule has 5 nitrogen and oxygen atoms in total. The van der Waals surface area contributed by atoms with Gasteiger partial charge in [0, 0.05) is 11.3 Å². The van der Waals surface area contributed by atoms with Gasteiger partial charge in [-0.3, -0.25) is 0 Å². The molecule has 0 aliphatic heterocycles. The average molecular weight is 301 g/mol. The second-order valence-electron chi connectivity index (χ2n) is 4.57. The fourth-order valence-electron chi connectivity index (χ4n) is 1.98. The molecule has 3 aromatic rings. The summed E-state index contributed by atoms with van der Waals surface area (Å²) in [4.78, 5) is 5.39. The standard InChI is InChI=1S/C15H15N3O2S/c1-19-11-6-4-10(5-7-11)9-13-17-15(20-18-13)14(16)12-3-2-8-21-12/h2-8,14H,9,16H2,1H3. The number of thiophene rings is 1. The molecule has 6 heteroatoms. The van der Waals surface area contributed by atoms with E-state index >= 15 is 0 Å². The van der Waals surface area contributed by atoms with E-state index in [9.17, 15) is 0 Å². The van der Waals surface area contributed by atoms with E-state index in [0.717, 1.165) is 16.2 Å². The molecule has 0 aliphatic rings. The van der Waals surface area contributed by atoms with Gasteiger partial charge in [0.1, 0.15) is 11.8 Å². The van der Waals surface area contributed by atoms with Crippen LogP contribution in [-0.2, 0) is 6.42 Å². The van der Waals surface area contributed by atoms with Crippen molar-refractivity contribution < 1.29 is 9.26 Å². The predicted molar refractivity (Wildman–Crippen MR) is 80.4 cm³/mol. The minimum Gasteiger partial charge on any atom is -0.497 e. The van der Waals surface area contributed by atoms with Crippen molar-refractivity contribution in [3.05, 3.63) is 63.9 Å². The molecule has 3 rings (SSSR count). The summed E-state index contributed by atoms with van der Waals surface area (Å²) < 4.78 is 10.4. The molecule has 2 N–H and O–H groups in total. The topological polar surface area (TPSA) is 74.2 Å². The molecule has 1 aromatic carbocycles. The van der Waals surface area contributed by atoms with Crippen LogP contribution in [0.25, 0.3) is 0 Å². The van der Waals surface area contributed by atoms with Crippen LogP contribution in [0.1, 0.15) is 28.2 Å². The Balaban J connectivity index is 1.72. The molecule has 0 bridgehead atoms. The maximum Gasteiger partial charge on any atom is 0.248 e. The van der Waals surface area contributed by atoms with E-state index in [1.165, 1.54) is 0 Å². The Morgan fingerprint density at radius 2 is 2.10 bits per heavy atom. The van der Waals surface area contributed by atoms with E-state index in [4.69, 9.17) is 15.0 Å². The second-order valence-corrected chi connectivity index (χ2v) is 5.55. The Labute approximate surface area is 126 Å². The van der Waals surface area contributed by atoms with Crippen molar-refractivity contribution in [3.8, 4) is 5.75 Å². The maximum absolute atomic E-state index is 6.10. The fraction of sp³-hybridized carbons (Fsp3) is 0.200. The number of ether oxygens (including phenoxy) is 1. The molecule has 0 radical (unpaired) electrons. The molecule has 0 saturated heterocycles. The van der Waals surface area contributed by atoms with Gasteiger partial charge in [-0.1, -0.05) is 23.4 Å². The zero-order valence-electron chi connectivity index (χ0n) is 11.5. The number of nitrogens with zero attached hydrogens (tertiary/aromatic N) is 2. The number of hydrogen-bond donors (Lipinski definition) is 1. The normalized spacial score (nSPS) is 12.3. The molecule has 0 amide bonds. The van der Waals surface area contributed by atoms with Crippen molar-refractivity contribution >= 4 is 11.3 Å². The lowest BCUT2D eigenvalue weighted by Gasteiger charge is -2.02. The zero-order valence-corrected chi connectivity index (χ0v) is 12.3. The third-order valence-electron chi connectivity index (χ3n) is 3.12. The summed E-state index contributed by atoms with van der Waals surface area (Å²) in [6, 6.07) is 11.3. The largest absolute Gasteiger partial charge is 0.497 e. The first kappa shape index (κ1) is 13.8. The summed E-state index contributed by atoms with van der Waals surface area (Å²) in [6.45, 7) is 0. The molecule has 1 atom stereocenters. The third-order valence-corrected chi connectivity index (χ3v) is 4.08. The number of nitrogens with two attached hydrogens (primary N) is 1. The number of hydrogen-bond acceptors (Lipinski definition) is 6. The third kappa shape index (κ3) is 3.12. The van der Waals surface area contributed by atoms with E-state index in [2.05, 4.69) is 10.1 Å². The van der Waals surface area contributed by atoms with Gasteiger partial charge in [-0.25, -0.2) is 0 Å². The summed E-state index contributed by atoms with van der Waals surface area (Å²) in [5.74, 6) is 1.90. The van der Waals surface area contributed by atoms with Crippen LogP contribution in [0, 0.1) is 0 Å². The van der Waals surface area contributed by atoms with Crippen molar-refractivity contribution in [2.45, 2.75) is 12.5 Å². The van der Waals surface area contributed by atoms with Gasteiger partial charge in [-0.15, -0.1) is 11.3 Å². The lowest BCUT2D eigenvalue weighted by Crippen LogP contribution is -2.10. The van der Waals surface area contributed by atoms with Gasteiger partial charge >= 0.3 is 0 Å². The van der Waals surface area contributed by atoms with E-state index in [1.54, 1.807) is 18.4 Å². The molecular formula is C15H15N3O2S. The maximum atomic E-state index is 6.10. The van der Waals surface area contributed by atoms with Gasteiger partial charge < -0.3 is 15.0 Å². The smallest absolute Gasteiger partial charge is 0.248 e. The Kier molecular flexibility index (Phi) is 3.98. The molecule has 21 heavy (non-hydrogen) atoms. The van der Waals surface area contributed by atoms with Gasteiger partial charge in [-0.2, -0.15) is 4.98 Å². The molecule has 108 valence electrons. The number of methoxy groups -OCH3 is 1. The van der Waals surface area contributed by atoms with Crippen molar-refractivity contribution in [3.63, 3.8) is 0 Å². The summed E-state index contributed by atoms with van der Waals surface area (Å²) in [5.41, 5.74) is 7.19. The molecule has 0 saturated carbocycles. The lowest BCUT2D eigenvalue weighted by atomic mass is 10.1. The molecule has 2 aromatic heterocycles. The van der Waals surface area contributed by atoms with Crippen LogP contribution < -0.4 is 10.5 Å². The highest BCUT2D eigenvalue weighted by Crippen LogP contribution is 2.22. The zero-order chi connectivity index (χ0) is 14.7. The molecule has 1 unspecified atom stereocenters. The Bertz CT molecular complexity index is 692. The van der Waals surface area contributed by atoms with Crippen molar-refractivity contribution in [2.75, 3.05) is 7.11 Å². The Morgan fingerprint density at radius 3 is 2.76 bits per heavy atom. The second kappa shape index (κ2) is 6.07. The van der Waals surface area contributed by atoms with Crippen molar-refractivity contribution in [1.29, 1.82) is 0 Å². The van der Waals surface area contributed by atoms with Crippen LogP contribution in [0.2, 0.25) is 0 Å². The molecular weight excluding hydrogens is 286 g/mol. The first-order valence-corrected chi connectivity index (χ1v) is 7.38. The van der Waals surface area contributed by atoms with Crippen LogP contribution in [0.4, 0.5) is 0 Å². The molecule has 2 heterocycles. The summed E-state index contributed by atoms with van der Waals surface area (Å²) in [5, 5.41) is 5.97. The molecule has 0 spiro atoms. The highest BCUT2D eigenvalue weighted by molar-refractivity contribution is 7.10. The molecule has 0 aliphatic carbocycles. The van der Waals surface area contributed by atoms with Crippen molar-refractivity contribution in [1.82, 2.24) is 10.1 Å². The number of aromatic nitrogens is 2. The van der Waals surface area contributed by atoms with E-state index in [0.29, 0.717) is 18.1 Å². The van der Waals surface area contributed by atoms with Crippen LogP contribution in [0.3, 0.4) is 0 Å². The van der Waals surface area contributed by atoms with Crippen LogP contribution in [0.5, 0.6) is 5.75 Å². The van der Waals surface area contributed by atoms with E-state index < -0.39 is 0 Å². The van der Waals surface area contributed by atoms with Crippen LogP contribution in [0.15, 0.2) is 46.3 Å². The van der Waals surface area contributed by atoms with Crippen LogP contribution in [-0.4, -0.2) is 17.3 Å². The lowest BCUT2D eigenvalue weighted by molar-refractivity contribution is 0.364. The number of benzene rings is 1. The summed E-state index contributed by atoms with van der Waals surface area (Å²) in [7, 11) is 1.65.